The molecule has 1 aromatic rings. The summed E-state index contributed by atoms with van der Waals surface area (Å²) in [5.41, 5.74) is 1.44. The summed E-state index contributed by atoms with van der Waals surface area (Å²) in [7, 11) is 1.79. The van der Waals surface area contributed by atoms with Crippen LogP contribution in [0.3, 0.4) is 0 Å². The molecule has 1 atom stereocenters. The van der Waals surface area contributed by atoms with Gasteiger partial charge in [-0.2, -0.15) is 5.10 Å². The van der Waals surface area contributed by atoms with Crippen LogP contribution in [0.15, 0.2) is 12.4 Å². The third-order valence-corrected chi connectivity index (χ3v) is 5.56. The van der Waals surface area contributed by atoms with Crippen molar-refractivity contribution < 1.29 is 9.47 Å². The van der Waals surface area contributed by atoms with Crippen molar-refractivity contribution in [2.24, 2.45) is 5.92 Å². The summed E-state index contributed by atoms with van der Waals surface area (Å²) in [5.74, 6) is 0.674. The smallest absolute Gasteiger partial charge is 0.0736 e. The van der Waals surface area contributed by atoms with Gasteiger partial charge < -0.3 is 9.47 Å². The summed E-state index contributed by atoms with van der Waals surface area (Å²) < 4.78 is 13.6. The van der Waals surface area contributed by atoms with E-state index in [2.05, 4.69) is 30.0 Å². The van der Waals surface area contributed by atoms with Crippen molar-refractivity contribution in [2.75, 3.05) is 33.4 Å². The standard InChI is InChI=1S/C18H31N3O2/c1-15(2)21-14-16(12-19-21)13-20-8-6-18(7-9-20)17(4-10-22-3)5-11-23-18/h12,14-15,17H,4-11,13H2,1-3H3/t17-/m1/s1. The molecule has 0 aliphatic carbocycles. The third kappa shape index (κ3) is 3.78. The van der Waals surface area contributed by atoms with E-state index in [1.165, 1.54) is 12.0 Å². The Labute approximate surface area is 139 Å². The average molecular weight is 321 g/mol. The summed E-state index contributed by atoms with van der Waals surface area (Å²) >= 11 is 0. The van der Waals surface area contributed by atoms with Crippen LogP contribution in [0.4, 0.5) is 0 Å². The Kier molecular flexibility index (Phi) is 5.39. The van der Waals surface area contributed by atoms with E-state index in [1.807, 2.05) is 10.9 Å². The van der Waals surface area contributed by atoms with Gasteiger partial charge in [-0.05, 0) is 45.4 Å². The quantitative estimate of drug-likeness (QED) is 0.808. The Morgan fingerprint density at radius 3 is 2.83 bits per heavy atom. The van der Waals surface area contributed by atoms with Gasteiger partial charge in [0.05, 0.1) is 11.8 Å². The second-order valence-corrected chi connectivity index (χ2v) is 7.38. The Bertz CT molecular complexity index is 492. The highest BCUT2D eigenvalue weighted by Crippen LogP contribution is 2.42. The van der Waals surface area contributed by atoms with Crippen molar-refractivity contribution in [3.05, 3.63) is 18.0 Å². The third-order valence-electron chi connectivity index (χ3n) is 5.56. The molecule has 0 amide bonds. The van der Waals surface area contributed by atoms with Gasteiger partial charge in [0.2, 0.25) is 0 Å². The first-order valence-corrected chi connectivity index (χ1v) is 9.01. The molecule has 23 heavy (non-hydrogen) atoms. The van der Waals surface area contributed by atoms with E-state index in [1.54, 1.807) is 7.11 Å². The fraction of sp³-hybridized carbons (Fsp3) is 0.833. The van der Waals surface area contributed by atoms with Crippen LogP contribution in [0.5, 0.6) is 0 Å². The number of methoxy groups -OCH3 is 1. The van der Waals surface area contributed by atoms with Crippen LogP contribution >= 0.6 is 0 Å². The SMILES string of the molecule is COCC[C@@H]1CCOC12CCN(Cc1cnn(C(C)C)c1)CC2. The largest absolute Gasteiger partial charge is 0.385 e. The van der Waals surface area contributed by atoms with Gasteiger partial charge in [0.25, 0.3) is 0 Å². The van der Waals surface area contributed by atoms with Crippen LogP contribution in [0, 0.1) is 5.92 Å². The van der Waals surface area contributed by atoms with E-state index in [-0.39, 0.29) is 5.60 Å². The van der Waals surface area contributed by atoms with Crippen molar-refractivity contribution >= 4 is 0 Å². The summed E-state index contributed by atoms with van der Waals surface area (Å²) in [6.45, 7) is 9.36. The van der Waals surface area contributed by atoms with E-state index in [9.17, 15) is 0 Å². The molecule has 2 aliphatic heterocycles. The highest BCUT2D eigenvalue weighted by atomic mass is 16.5. The highest BCUT2D eigenvalue weighted by Gasteiger charge is 2.45. The van der Waals surface area contributed by atoms with Crippen LogP contribution in [0.25, 0.3) is 0 Å². The van der Waals surface area contributed by atoms with Gasteiger partial charge in [0, 0.05) is 57.8 Å². The normalized spacial score (nSPS) is 24.8. The first-order chi connectivity index (χ1) is 11.1. The molecule has 0 saturated carbocycles. The number of hydrogen-bond acceptors (Lipinski definition) is 4. The van der Waals surface area contributed by atoms with Gasteiger partial charge in [-0.1, -0.05) is 0 Å². The molecular weight excluding hydrogens is 290 g/mol. The van der Waals surface area contributed by atoms with Crippen molar-refractivity contribution in [3.63, 3.8) is 0 Å². The summed E-state index contributed by atoms with van der Waals surface area (Å²) in [4.78, 5) is 2.54. The second kappa shape index (κ2) is 7.32. The Morgan fingerprint density at radius 1 is 1.39 bits per heavy atom. The van der Waals surface area contributed by atoms with Crippen LogP contribution in [0.2, 0.25) is 0 Å². The number of piperidine rings is 1. The molecular formula is C18H31N3O2. The molecule has 3 heterocycles. The minimum Gasteiger partial charge on any atom is -0.385 e. The molecule has 0 bridgehead atoms. The number of rotatable bonds is 6. The van der Waals surface area contributed by atoms with E-state index < -0.39 is 0 Å². The van der Waals surface area contributed by atoms with E-state index in [0.717, 1.165) is 52.1 Å². The summed E-state index contributed by atoms with van der Waals surface area (Å²) in [5, 5.41) is 4.45. The number of aromatic nitrogens is 2. The van der Waals surface area contributed by atoms with Crippen molar-refractivity contribution in [3.8, 4) is 0 Å². The Balaban J connectivity index is 1.53. The maximum absolute atomic E-state index is 6.23. The number of likely N-dealkylation sites (tertiary alicyclic amines) is 1. The molecule has 5 heteroatoms. The number of hydrogen-bond donors (Lipinski definition) is 0. The second-order valence-electron chi connectivity index (χ2n) is 7.38. The zero-order valence-corrected chi connectivity index (χ0v) is 14.8. The Morgan fingerprint density at radius 2 is 2.17 bits per heavy atom. The molecule has 2 fully saturated rings. The lowest BCUT2D eigenvalue weighted by atomic mass is 9.78. The predicted octanol–water partition coefficient (Wildman–Crippen LogP) is 2.87. The predicted molar refractivity (Wildman–Crippen MR) is 90.4 cm³/mol. The summed E-state index contributed by atoms with van der Waals surface area (Å²) in [6, 6.07) is 0.432. The maximum atomic E-state index is 6.23. The number of nitrogens with zero attached hydrogens (tertiary/aromatic N) is 3. The minimum atomic E-state index is 0.122. The zero-order chi connectivity index (χ0) is 16.3. The van der Waals surface area contributed by atoms with Crippen molar-refractivity contribution in [1.29, 1.82) is 0 Å². The average Bonchev–Trinajstić information content (AvgIpc) is 3.15. The van der Waals surface area contributed by atoms with Gasteiger partial charge in [0.15, 0.2) is 0 Å². The highest BCUT2D eigenvalue weighted by molar-refractivity contribution is 5.05. The van der Waals surface area contributed by atoms with E-state index in [0.29, 0.717) is 12.0 Å². The maximum Gasteiger partial charge on any atom is 0.0736 e. The van der Waals surface area contributed by atoms with Gasteiger partial charge in [0.1, 0.15) is 0 Å². The van der Waals surface area contributed by atoms with E-state index in [4.69, 9.17) is 9.47 Å². The topological polar surface area (TPSA) is 39.5 Å². The first kappa shape index (κ1) is 16.9. The summed E-state index contributed by atoms with van der Waals surface area (Å²) in [6.07, 6.45) is 8.84. The molecule has 0 radical (unpaired) electrons. The van der Waals surface area contributed by atoms with Gasteiger partial charge in [-0.15, -0.1) is 0 Å². The number of ether oxygens (including phenoxy) is 2. The van der Waals surface area contributed by atoms with Crippen molar-refractivity contribution in [1.82, 2.24) is 14.7 Å². The lowest BCUT2D eigenvalue weighted by Crippen LogP contribution is -2.47. The molecule has 3 rings (SSSR count). The lowest BCUT2D eigenvalue weighted by Gasteiger charge is -2.42. The van der Waals surface area contributed by atoms with Gasteiger partial charge in [-0.3, -0.25) is 9.58 Å². The van der Waals surface area contributed by atoms with Crippen LogP contribution in [-0.2, 0) is 16.0 Å². The van der Waals surface area contributed by atoms with Crippen LogP contribution in [-0.4, -0.2) is 53.7 Å². The fourth-order valence-electron chi connectivity index (χ4n) is 4.09. The molecule has 5 nitrogen and oxygen atoms in total. The molecule has 2 aliphatic rings. The van der Waals surface area contributed by atoms with Gasteiger partial charge in [-0.25, -0.2) is 0 Å². The zero-order valence-electron chi connectivity index (χ0n) is 14.8. The molecule has 2 saturated heterocycles. The minimum absolute atomic E-state index is 0.122. The fourth-order valence-corrected chi connectivity index (χ4v) is 4.09. The Hall–Kier alpha value is -0.910. The molecule has 1 aromatic heterocycles. The van der Waals surface area contributed by atoms with Crippen molar-refractivity contribution in [2.45, 2.75) is 57.7 Å². The van der Waals surface area contributed by atoms with Crippen LogP contribution < -0.4 is 0 Å². The molecule has 0 unspecified atom stereocenters. The van der Waals surface area contributed by atoms with Gasteiger partial charge >= 0.3 is 0 Å². The first-order valence-electron chi connectivity index (χ1n) is 9.01. The van der Waals surface area contributed by atoms with E-state index >= 15 is 0 Å². The molecule has 0 aromatic carbocycles. The molecule has 0 N–H and O–H groups in total. The van der Waals surface area contributed by atoms with Crippen LogP contribution in [0.1, 0.15) is 51.1 Å². The molecule has 1 spiro atoms. The monoisotopic (exact) mass is 321 g/mol. The lowest BCUT2D eigenvalue weighted by molar-refractivity contribution is -0.0721. The molecule has 130 valence electrons.